The van der Waals surface area contributed by atoms with E-state index in [1.54, 1.807) is 18.5 Å². The number of carbonyl (C=O) groups excluding carboxylic acids is 1. The Labute approximate surface area is 146 Å². The molecule has 2 aliphatic heterocycles. The fourth-order valence-corrected chi connectivity index (χ4v) is 3.30. The molecule has 4 rings (SSSR count). The first-order valence-electron chi connectivity index (χ1n) is 8.40. The molecule has 6 heteroatoms. The Morgan fingerprint density at radius 1 is 1.28 bits per heavy atom. The number of amides is 1. The highest BCUT2D eigenvalue weighted by atomic mass is 16.5. The zero-order valence-electron chi connectivity index (χ0n) is 13.8. The summed E-state index contributed by atoms with van der Waals surface area (Å²) in [7, 11) is 0. The van der Waals surface area contributed by atoms with Crippen molar-refractivity contribution in [3.8, 4) is 6.07 Å². The first-order valence-corrected chi connectivity index (χ1v) is 8.40. The Morgan fingerprint density at radius 3 is 2.68 bits per heavy atom. The third kappa shape index (κ3) is 2.87. The number of benzene rings is 1. The standard InChI is InChI=1S/C19H18N4O2/c20-9-15-3-1-2-14(8-15)4-5-17-21-10-16(11-22-17)18(24)23-7-6-19(23)12-25-13-19/h1-3,8,10-11H,4-7,12-13H2. The van der Waals surface area contributed by atoms with Crippen LogP contribution < -0.4 is 0 Å². The molecule has 0 atom stereocenters. The lowest BCUT2D eigenvalue weighted by Gasteiger charge is -2.57. The number of aromatic nitrogens is 2. The average molecular weight is 334 g/mol. The maximum atomic E-state index is 12.6. The van der Waals surface area contributed by atoms with Crippen LogP contribution in [0.3, 0.4) is 0 Å². The fraction of sp³-hybridized carbons (Fsp3) is 0.368. The van der Waals surface area contributed by atoms with Crippen molar-refractivity contribution in [2.24, 2.45) is 0 Å². The van der Waals surface area contributed by atoms with E-state index in [2.05, 4.69) is 16.0 Å². The second-order valence-electron chi connectivity index (χ2n) is 6.62. The number of hydrogen-bond acceptors (Lipinski definition) is 5. The van der Waals surface area contributed by atoms with Crippen molar-refractivity contribution < 1.29 is 9.53 Å². The van der Waals surface area contributed by atoms with Gasteiger partial charge in [0.15, 0.2) is 0 Å². The molecule has 0 unspecified atom stereocenters. The van der Waals surface area contributed by atoms with E-state index in [0.29, 0.717) is 36.6 Å². The first kappa shape index (κ1) is 15.7. The van der Waals surface area contributed by atoms with Crippen molar-refractivity contribution in [3.05, 3.63) is 59.2 Å². The summed E-state index contributed by atoms with van der Waals surface area (Å²) in [4.78, 5) is 23.1. The highest BCUT2D eigenvalue weighted by Gasteiger charge is 2.53. The Bertz CT molecular complexity index is 832. The number of likely N-dealkylation sites (tertiary alicyclic amines) is 1. The molecule has 0 radical (unpaired) electrons. The highest BCUT2D eigenvalue weighted by molar-refractivity contribution is 5.94. The van der Waals surface area contributed by atoms with Gasteiger partial charge in [-0.3, -0.25) is 4.79 Å². The van der Waals surface area contributed by atoms with Crippen LogP contribution in [-0.2, 0) is 17.6 Å². The minimum Gasteiger partial charge on any atom is -0.376 e. The van der Waals surface area contributed by atoms with Crippen LogP contribution in [0.15, 0.2) is 36.7 Å². The predicted octanol–water partition coefficient (Wildman–Crippen LogP) is 1.75. The second kappa shape index (κ2) is 6.26. The minimum atomic E-state index is -0.0679. The van der Waals surface area contributed by atoms with Crippen molar-refractivity contribution in [2.75, 3.05) is 19.8 Å². The largest absolute Gasteiger partial charge is 0.376 e. The summed E-state index contributed by atoms with van der Waals surface area (Å²) >= 11 is 0. The molecule has 2 fully saturated rings. The summed E-state index contributed by atoms with van der Waals surface area (Å²) in [5, 5.41) is 8.94. The number of aryl methyl sites for hydroxylation is 2. The molecule has 2 aromatic rings. The van der Waals surface area contributed by atoms with Gasteiger partial charge in [-0.2, -0.15) is 5.26 Å². The van der Waals surface area contributed by atoms with Gasteiger partial charge < -0.3 is 9.64 Å². The molecule has 1 amide bonds. The monoisotopic (exact) mass is 334 g/mol. The normalized spacial score (nSPS) is 17.5. The average Bonchev–Trinajstić information content (AvgIpc) is 2.58. The number of nitrogens with zero attached hydrogens (tertiary/aromatic N) is 4. The van der Waals surface area contributed by atoms with E-state index in [4.69, 9.17) is 10.00 Å². The lowest BCUT2D eigenvalue weighted by Crippen LogP contribution is -2.72. The highest BCUT2D eigenvalue weighted by Crippen LogP contribution is 2.38. The van der Waals surface area contributed by atoms with Gasteiger partial charge in [0.2, 0.25) is 0 Å². The van der Waals surface area contributed by atoms with Crippen molar-refractivity contribution >= 4 is 5.91 Å². The van der Waals surface area contributed by atoms with E-state index >= 15 is 0 Å². The third-order valence-corrected chi connectivity index (χ3v) is 5.01. The molecule has 0 bridgehead atoms. The number of nitriles is 1. The molecular formula is C19H18N4O2. The van der Waals surface area contributed by atoms with Crippen LogP contribution in [0.2, 0.25) is 0 Å². The van der Waals surface area contributed by atoms with E-state index in [1.807, 2.05) is 23.1 Å². The number of carbonyl (C=O) groups is 1. The van der Waals surface area contributed by atoms with Gasteiger partial charge in [0.1, 0.15) is 5.82 Å². The molecule has 6 nitrogen and oxygen atoms in total. The smallest absolute Gasteiger partial charge is 0.257 e. The summed E-state index contributed by atoms with van der Waals surface area (Å²) in [6.07, 6.45) is 5.67. The van der Waals surface area contributed by atoms with Crippen LogP contribution >= 0.6 is 0 Å². The second-order valence-corrected chi connectivity index (χ2v) is 6.62. The van der Waals surface area contributed by atoms with Crippen molar-refractivity contribution in [2.45, 2.75) is 24.8 Å². The van der Waals surface area contributed by atoms with Crippen LogP contribution in [0.25, 0.3) is 0 Å². The first-order chi connectivity index (χ1) is 12.2. The number of ether oxygens (including phenoxy) is 1. The van der Waals surface area contributed by atoms with Crippen molar-refractivity contribution in [3.63, 3.8) is 0 Å². The third-order valence-electron chi connectivity index (χ3n) is 5.01. The maximum absolute atomic E-state index is 12.6. The zero-order valence-corrected chi connectivity index (χ0v) is 13.8. The topological polar surface area (TPSA) is 79.1 Å². The quantitative estimate of drug-likeness (QED) is 0.851. The van der Waals surface area contributed by atoms with E-state index < -0.39 is 0 Å². The lowest BCUT2D eigenvalue weighted by atomic mass is 9.82. The molecule has 0 N–H and O–H groups in total. The Balaban J connectivity index is 1.38. The van der Waals surface area contributed by atoms with E-state index in [9.17, 15) is 4.79 Å². The van der Waals surface area contributed by atoms with Gasteiger partial charge in [0, 0.05) is 25.4 Å². The molecule has 1 spiro atoms. The number of hydrogen-bond donors (Lipinski definition) is 0. The summed E-state index contributed by atoms with van der Waals surface area (Å²) in [5.74, 6) is 0.687. The summed E-state index contributed by atoms with van der Waals surface area (Å²) in [5.41, 5.74) is 2.20. The molecule has 0 saturated carbocycles. The van der Waals surface area contributed by atoms with Crippen LogP contribution in [-0.4, -0.2) is 46.1 Å². The summed E-state index contributed by atoms with van der Waals surface area (Å²) in [6.45, 7) is 2.05. The van der Waals surface area contributed by atoms with E-state index in [-0.39, 0.29) is 11.4 Å². The molecule has 1 aromatic carbocycles. The van der Waals surface area contributed by atoms with Gasteiger partial charge in [0.05, 0.1) is 35.9 Å². The minimum absolute atomic E-state index is 0.0113. The van der Waals surface area contributed by atoms with Gasteiger partial charge in [-0.1, -0.05) is 12.1 Å². The summed E-state index contributed by atoms with van der Waals surface area (Å²) < 4.78 is 5.26. The number of rotatable bonds is 4. The maximum Gasteiger partial charge on any atom is 0.257 e. The van der Waals surface area contributed by atoms with Gasteiger partial charge in [-0.05, 0) is 30.5 Å². The fourth-order valence-electron chi connectivity index (χ4n) is 3.30. The Morgan fingerprint density at radius 2 is 2.08 bits per heavy atom. The molecule has 3 heterocycles. The Hall–Kier alpha value is -2.78. The van der Waals surface area contributed by atoms with Gasteiger partial charge in [-0.15, -0.1) is 0 Å². The van der Waals surface area contributed by atoms with Gasteiger partial charge in [-0.25, -0.2) is 9.97 Å². The molecule has 25 heavy (non-hydrogen) atoms. The molecule has 2 saturated heterocycles. The predicted molar refractivity (Wildman–Crippen MR) is 89.8 cm³/mol. The Kier molecular flexibility index (Phi) is 3.94. The lowest BCUT2D eigenvalue weighted by molar-refractivity contribution is -0.172. The van der Waals surface area contributed by atoms with E-state index in [1.165, 1.54) is 0 Å². The van der Waals surface area contributed by atoms with Crippen molar-refractivity contribution in [1.82, 2.24) is 14.9 Å². The van der Waals surface area contributed by atoms with Crippen LogP contribution in [0, 0.1) is 11.3 Å². The molecule has 126 valence electrons. The van der Waals surface area contributed by atoms with Crippen LogP contribution in [0.5, 0.6) is 0 Å². The van der Waals surface area contributed by atoms with Crippen LogP contribution in [0.1, 0.15) is 33.7 Å². The zero-order chi connectivity index (χ0) is 17.3. The van der Waals surface area contributed by atoms with E-state index in [0.717, 1.165) is 24.9 Å². The van der Waals surface area contributed by atoms with Crippen LogP contribution in [0.4, 0.5) is 0 Å². The van der Waals surface area contributed by atoms with Crippen molar-refractivity contribution in [1.29, 1.82) is 5.26 Å². The molecule has 1 aromatic heterocycles. The van der Waals surface area contributed by atoms with Gasteiger partial charge >= 0.3 is 0 Å². The summed E-state index contributed by atoms with van der Waals surface area (Å²) in [6, 6.07) is 9.67. The SMILES string of the molecule is N#Cc1cccc(CCc2ncc(C(=O)N3CCC34COC4)cn2)c1. The van der Waals surface area contributed by atoms with Gasteiger partial charge in [0.25, 0.3) is 5.91 Å². The molecule has 0 aliphatic carbocycles. The molecule has 2 aliphatic rings. The molecular weight excluding hydrogens is 316 g/mol.